The first kappa shape index (κ1) is 10.7. The van der Waals surface area contributed by atoms with Gasteiger partial charge in [-0.3, -0.25) is 4.79 Å². The number of benzene rings is 1. The Labute approximate surface area is 93.6 Å². The number of aromatic nitrogens is 1. The number of para-hydroxylation sites is 1. The van der Waals surface area contributed by atoms with E-state index in [1.165, 1.54) is 0 Å². The fraction of sp³-hybridized carbons (Fsp3) is 0.250. The van der Waals surface area contributed by atoms with Gasteiger partial charge in [0.25, 0.3) is 5.91 Å². The molecule has 0 aliphatic rings. The van der Waals surface area contributed by atoms with E-state index in [0.29, 0.717) is 18.7 Å². The number of primary amides is 1. The van der Waals surface area contributed by atoms with Gasteiger partial charge in [0.15, 0.2) is 0 Å². The third kappa shape index (κ3) is 1.79. The summed E-state index contributed by atoms with van der Waals surface area (Å²) in [4.78, 5) is 11.3. The quantitative estimate of drug-likeness (QED) is 0.843. The van der Waals surface area contributed by atoms with E-state index in [2.05, 4.69) is 0 Å². The van der Waals surface area contributed by atoms with E-state index in [-0.39, 0.29) is 0 Å². The number of fused-ring (bicyclic) bond motifs is 1. The summed E-state index contributed by atoms with van der Waals surface area (Å²) in [5.41, 5.74) is 6.91. The molecule has 0 unspecified atom stereocenters. The monoisotopic (exact) mass is 218 g/mol. The molecular weight excluding hydrogens is 204 g/mol. The second-order valence-corrected chi connectivity index (χ2v) is 3.61. The molecule has 4 heteroatoms. The lowest BCUT2D eigenvalue weighted by molar-refractivity contribution is 0.100. The van der Waals surface area contributed by atoms with Gasteiger partial charge in [-0.25, -0.2) is 0 Å². The van der Waals surface area contributed by atoms with Crippen LogP contribution in [0.3, 0.4) is 0 Å². The first-order valence-corrected chi connectivity index (χ1v) is 5.10. The Morgan fingerprint density at radius 3 is 2.88 bits per heavy atom. The Bertz CT molecular complexity index is 517. The van der Waals surface area contributed by atoms with Crippen LogP contribution in [0.15, 0.2) is 30.5 Å². The number of carbonyl (C=O) groups excluding carboxylic acids is 1. The van der Waals surface area contributed by atoms with Crippen LogP contribution in [0, 0.1) is 0 Å². The molecule has 1 aromatic carbocycles. The predicted molar refractivity (Wildman–Crippen MR) is 62.3 cm³/mol. The fourth-order valence-electron chi connectivity index (χ4n) is 1.82. The van der Waals surface area contributed by atoms with Gasteiger partial charge in [-0.1, -0.05) is 18.2 Å². The van der Waals surface area contributed by atoms with Crippen molar-refractivity contribution in [3.8, 4) is 0 Å². The van der Waals surface area contributed by atoms with E-state index in [1.54, 1.807) is 13.3 Å². The first-order chi connectivity index (χ1) is 7.74. The number of nitrogens with zero attached hydrogens (tertiary/aromatic N) is 1. The van der Waals surface area contributed by atoms with Crippen LogP contribution in [0.2, 0.25) is 0 Å². The summed E-state index contributed by atoms with van der Waals surface area (Å²) in [7, 11) is 1.65. The van der Waals surface area contributed by atoms with Crippen molar-refractivity contribution in [3.05, 3.63) is 36.0 Å². The van der Waals surface area contributed by atoms with E-state index in [1.807, 2.05) is 28.8 Å². The molecule has 0 spiro atoms. The van der Waals surface area contributed by atoms with Gasteiger partial charge in [-0.15, -0.1) is 0 Å². The molecule has 0 aliphatic heterocycles. The lowest BCUT2D eigenvalue weighted by atomic mass is 10.2. The molecule has 2 aromatic rings. The zero-order valence-corrected chi connectivity index (χ0v) is 9.14. The van der Waals surface area contributed by atoms with Crippen molar-refractivity contribution < 1.29 is 9.53 Å². The van der Waals surface area contributed by atoms with Gasteiger partial charge in [0.1, 0.15) is 0 Å². The van der Waals surface area contributed by atoms with Crippen LogP contribution in [-0.4, -0.2) is 24.2 Å². The number of amides is 1. The molecule has 0 fully saturated rings. The highest BCUT2D eigenvalue weighted by molar-refractivity contribution is 6.06. The number of carbonyl (C=O) groups is 1. The Hall–Kier alpha value is -1.81. The summed E-state index contributed by atoms with van der Waals surface area (Å²) in [5.74, 6) is -0.396. The molecule has 0 radical (unpaired) electrons. The van der Waals surface area contributed by atoms with Crippen LogP contribution in [0.1, 0.15) is 10.4 Å². The van der Waals surface area contributed by atoms with E-state index in [0.717, 1.165) is 10.9 Å². The highest BCUT2D eigenvalue weighted by Crippen LogP contribution is 2.20. The van der Waals surface area contributed by atoms with Gasteiger partial charge in [0.05, 0.1) is 12.2 Å². The van der Waals surface area contributed by atoms with Gasteiger partial charge in [-0.2, -0.15) is 0 Å². The number of nitrogens with two attached hydrogens (primary N) is 1. The Kier molecular flexibility index (Phi) is 2.92. The van der Waals surface area contributed by atoms with Gasteiger partial charge in [0, 0.05) is 30.8 Å². The molecule has 1 heterocycles. The van der Waals surface area contributed by atoms with Crippen molar-refractivity contribution in [2.75, 3.05) is 13.7 Å². The second kappa shape index (κ2) is 4.37. The molecule has 0 atom stereocenters. The average molecular weight is 218 g/mol. The zero-order valence-electron chi connectivity index (χ0n) is 9.14. The molecule has 2 rings (SSSR count). The molecule has 0 aliphatic carbocycles. The minimum Gasteiger partial charge on any atom is -0.383 e. The molecule has 16 heavy (non-hydrogen) atoms. The molecule has 0 bridgehead atoms. The maximum atomic E-state index is 11.3. The van der Waals surface area contributed by atoms with E-state index in [4.69, 9.17) is 10.5 Å². The van der Waals surface area contributed by atoms with Crippen molar-refractivity contribution >= 4 is 16.8 Å². The topological polar surface area (TPSA) is 57.2 Å². The second-order valence-electron chi connectivity index (χ2n) is 3.61. The minimum atomic E-state index is -0.396. The molecule has 84 valence electrons. The largest absolute Gasteiger partial charge is 0.383 e. The van der Waals surface area contributed by atoms with Crippen molar-refractivity contribution in [1.82, 2.24) is 4.57 Å². The predicted octanol–water partition coefficient (Wildman–Crippen LogP) is 1.39. The van der Waals surface area contributed by atoms with Crippen LogP contribution >= 0.6 is 0 Å². The summed E-state index contributed by atoms with van der Waals surface area (Å²) >= 11 is 0. The summed E-state index contributed by atoms with van der Waals surface area (Å²) < 4.78 is 7.01. The number of rotatable bonds is 4. The van der Waals surface area contributed by atoms with Crippen LogP contribution in [-0.2, 0) is 11.3 Å². The van der Waals surface area contributed by atoms with Gasteiger partial charge >= 0.3 is 0 Å². The van der Waals surface area contributed by atoms with Crippen molar-refractivity contribution in [2.45, 2.75) is 6.54 Å². The number of hydrogen-bond donors (Lipinski definition) is 1. The third-order valence-electron chi connectivity index (χ3n) is 2.59. The molecular formula is C12H14N2O2. The highest BCUT2D eigenvalue weighted by atomic mass is 16.5. The van der Waals surface area contributed by atoms with Gasteiger partial charge < -0.3 is 15.0 Å². The lowest BCUT2D eigenvalue weighted by Gasteiger charge is -2.03. The van der Waals surface area contributed by atoms with E-state index < -0.39 is 5.91 Å². The maximum absolute atomic E-state index is 11.3. The maximum Gasteiger partial charge on any atom is 0.250 e. The van der Waals surface area contributed by atoms with E-state index >= 15 is 0 Å². The molecule has 1 aromatic heterocycles. The first-order valence-electron chi connectivity index (χ1n) is 5.10. The summed E-state index contributed by atoms with van der Waals surface area (Å²) in [6.07, 6.45) is 1.78. The molecule has 4 nitrogen and oxygen atoms in total. The Balaban J connectivity index is 2.53. The van der Waals surface area contributed by atoms with E-state index in [9.17, 15) is 4.79 Å². The fourth-order valence-corrected chi connectivity index (χ4v) is 1.82. The number of hydrogen-bond acceptors (Lipinski definition) is 2. The average Bonchev–Trinajstić information content (AvgIpc) is 2.65. The molecule has 0 saturated heterocycles. The van der Waals surface area contributed by atoms with Crippen LogP contribution in [0.25, 0.3) is 10.9 Å². The number of methoxy groups -OCH3 is 1. The zero-order chi connectivity index (χ0) is 11.5. The van der Waals surface area contributed by atoms with Crippen LogP contribution in [0.5, 0.6) is 0 Å². The highest BCUT2D eigenvalue weighted by Gasteiger charge is 2.11. The summed E-state index contributed by atoms with van der Waals surface area (Å²) in [6.45, 7) is 1.32. The standard InChI is InChI=1S/C12H14N2O2/c1-16-7-6-14-8-10(12(13)15)9-4-2-3-5-11(9)14/h2-5,8H,6-7H2,1H3,(H2,13,15). The SMILES string of the molecule is COCCn1cc(C(N)=O)c2ccccc21. The smallest absolute Gasteiger partial charge is 0.250 e. The van der Waals surface area contributed by atoms with Crippen molar-refractivity contribution in [2.24, 2.45) is 5.73 Å². The lowest BCUT2D eigenvalue weighted by Crippen LogP contribution is -2.10. The third-order valence-corrected chi connectivity index (χ3v) is 2.59. The normalized spacial score (nSPS) is 10.8. The van der Waals surface area contributed by atoms with Gasteiger partial charge in [0.2, 0.25) is 0 Å². The van der Waals surface area contributed by atoms with Crippen molar-refractivity contribution in [1.29, 1.82) is 0 Å². The molecule has 1 amide bonds. The van der Waals surface area contributed by atoms with Crippen molar-refractivity contribution in [3.63, 3.8) is 0 Å². The Morgan fingerprint density at radius 1 is 1.44 bits per heavy atom. The Morgan fingerprint density at radius 2 is 2.19 bits per heavy atom. The van der Waals surface area contributed by atoms with Crippen LogP contribution < -0.4 is 5.73 Å². The number of ether oxygens (including phenoxy) is 1. The minimum absolute atomic E-state index is 0.396. The van der Waals surface area contributed by atoms with Gasteiger partial charge in [-0.05, 0) is 6.07 Å². The molecule has 0 saturated carbocycles. The molecule has 2 N–H and O–H groups in total. The van der Waals surface area contributed by atoms with Crippen LogP contribution in [0.4, 0.5) is 0 Å². The summed E-state index contributed by atoms with van der Waals surface area (Å²) in [6, 6.07) is 7.71. The summed E-state index contributed by atoms with van der Waals surface area (Å²) in [5, 5.41) is 0.895.